The predicted octanol–water partition coefficient (Wildman–Crippen LogP) is 4.14. The first kappa shape index (κ1) is 21.0. The third kappa shape index (κ3) is 5.23. The first-order chi connectivity index (χ1) is 13.1. The number of carbonyl (C=O) groups is 1. The largest absolute Gasteiger partial charge is 0.324 e. The number of carbonyl (C=O) groups excluding carboxylic acids is 1. The summed E-state index contributed by atoms with van der Waals surface area (Å²) in [4.78, 5) is 14.5. The number of hydrogen-bond donors (Lipinski definition) is 1. The smallest absolute Gasteiger partial charge is 0.238 e. The van der Waals surface area contributed by atoms with Crippen molar-refractivity contribution in [3.8, 4) is 0 Å². The SMILES string of the molecule is CS(=O)(=O)c1ccc(Cl)c(NC(=O)CN(Cc2c(F)cccc2Cl)C2CC2)c1. The van der Waals surface area contributed by atoms with E-state index in [0.717, 1.165) is 19.1 Å². The van der Waals surface area contributed by atoms with Crippen molar-refractivity contribution in [2.24, 2.45) is 0 Å². The third-order valence-corrected chi connectivity index (χ3v) is 6.27. The fourth-order valence-electron chi connectivity index (χ4n) is 2.85. The molecule has 0 atom stereocenters. The fraction of sp³-hybridized carbons (Fsp3) is 0.316. The molecule has 5 nitrogen and oxygen atoms in total. The summed E-state index contributed by atoms with van der Waals surface area (Å²) in [7, 11) is -3.43. The molecular formula is C19H19Cl2FN2O3S. The predicted molar refractivity (Wildman–Crippen MR) is 108 cm³/mol. The van der Waals surface area contributed by atoms with Crippen molar-refractivity contribution in [2.45, 2.75) is 30.3 Å². The van der Waals surface area contributed by atoms with Gasteiger partial charge >= 0.3 is 0 Å². The van der Waals surface area contributed by atoms with E-state index in [9.17, 15) is 17.6 Å². The van der Waals surface area contributed by atoms with Crippen molar-refractivity contribution in [3.05, 3.63) is 57.8 Å². The molecule has 1 N–H and O–H groups in total. The monoisotopic (exact) mass is 444 g/mol. The van der Waals surface area contributed by atoms with Crippen LogP contribution in [-0.4, -0.2) is 38.1 Å². The van der Waals surface area contributed by atoms with Crippen LogP contribution >= 0.6 is 23.2 Å². The Labute approximate surface area is 173 Å². The van der Waals surface area contributed by atoms with Gasteiger partial charge in [-0.25, -0.2) is 12.8 Å². The molecule has 0 aromatic heterocycles. The number of halogens is 3. The van der Waals surface area contributed by atoms with E-state index >= 15 is 0 Å². The average Bonchev–Trinajstić information content (AvgIpc) is 3.43. The van der Waals surface area contributed by atoms with Gasteiger partial charge in [0.2, 0.25) is 5.91 Å². The van der Waals surface area contributed by atoms with Gasteiger partial charge in [0.15, 0.2) is 9.84 Å². The first-order valence-corrected chi connectivity index (χ1v) is 11.3. The van der Waals surface area contributed by atoms with Crippen LogP contribution in [0.3, 0.4) is 0 Å². The zero-order valence-corrected chi connectivity index (χ0v) is 17.4. The van der Waals surface area contributed by atoms with Gasteiger partial charge in [0, 0.05) is 29.4 Å². The summed E-state index contributed by atoms with van der Waals surface area (Å²) in [6.45, 7) is 0.218. The summed E-state index contributed by atoms with van der Waals surface area (Å²) in [6.07, 6.45) is 2.92. The number of hydrogen-bond acceptors (Lipinski definition) is 4. The van der Waals surface area contributed by atoms with E-state index in [0.29, 0.717) is 10.6 Å². The van der Waals surface area contributed by atoms with Crippen LogP contribution in [0.4, 0.5) is 10.1 Å². The number of amides is 1. The molecule has 1 saturated carbocycles. The quantitative estimate of drug-likeness (QED) is 0.696. The molecule has 28 heavy (non-hydrogen) atoms. The van der Waals surface area contributed by atoms with Gasteiger partial charge in [-0.05, 0) is 43.2 Å². The van der Waals surface area contributed by atoms with E-state index in [-0.39, 0.29) is 40.6 Å². The molecule has 0 aliphatic heterocycles. The van der Waals surface area contributed by atoms with E-state index in [4.69, 9.17) is 23.2 Å². The Bertz CT molecular complexity index is 990. The van der Waals surface area contributed by atoms with Crippen LogP contribution in [0.25, 0.3) is 0 Å². The van der Waals surface area contributed by atoms with Crippen LogP contribution in [0, 0.1) is 5.82 Å². The Kier molecular flexibility index (Phi) is 6.29. The molecule has 2 aromatic carbocycles. The number of benzene rings is 2. The highest BCUT2D eigenvalue weighted by Gasteiger charge is 2.31. The van der Waals surface area contributed by atoms with Crippen molar-refractivity contribution >= 4 is 44.6 Å². The van der Waals surface area contributed by atoms with E-state index in [1.807, 2.05) is 4.90 Å². The normalized spacial score (nSPS) is 14.3. The minimum atomic E-state index is -3.43. The molecule has 0 radical (unpaired) electrons. The summed E-state index contributed by atoms with van der Waals surface area (Å²) in [5, 5.41) is 3.19. The lowest BCUT2D eigenvalue weighted by Gasteiger charge is -2.22. The molecule has 1 aliphatic rings. The maximum atomic E-state index is 14.1. The van der Waals surface area contributed by atoms with Crippen molar-refractivity contribution in [1.29, 1.82) is 0 Å². The van der Waals surface area contributed by atoms with Crippen LogP contribution in [0.2, 0.25) is 10.0 Å². The lowest BCUT2D eigenvalue weighted by atomic mass is 10.2. The van der Waals surface area contributed by atoms with Gasteiger partial charge in [-0.15, -0.1) is 0 Å². The maximum Gasteiger partial charge on any atom is 0.238 e. The second-order valence-corrected chi connectivity index (χ2v) is 9.63. The van der Waals surface area contributed by atoms with Crippen LogP contribution in [0.15, 0.2) is 41.3 Å². The number of rotatable bonds is 7. The summed E-state index contributed by atoms with van der Waals surface area (Å²) in [5.41, 5.74) is 0.565. The third-order valence-electron chi connectivity index (χ3n) is 4.47. The zero-order chi connectivity index (χ0) is 20.5. The van der Waals surface area contributed by atoms with Crippen molar-refractivity contribution in [2.75, 3.05) is 18.1 Å². The van der Waals surface area contributed by atoms with Gasteiger partial charge in [-0.2, -0.15) is 0 Å². The molecular weight excluding hydrogens is 426 g/mol. The average molecular weight is 445 g/mol. The number of anilines is 1. The molecule has 0 bridgehead atoms. The molecule has 150 valence electrons. The summed E-state index contributed by atoms with van der Waals surface area (Å²) in [6, 6.07) is 8.79. The van der Waals surface area contributed by atoms with Crippen LogP contribution in [0.1, 0.15) is 18.4 Å². The Morgan fingerprint density at radius 1 is 1.21 bits per heavy atom. The number of nitrogens with one attached hydrogen (secondary N) is 1. The molecule has 9 heteroatoms. The Balaban J connectivity index is 1.74. The maximum absolute atomic E-state index is 14.1. The standard InChI is InChI=1S/C19H19Cl2FN2O3S/c1-28(26,27)13-7-8-16(21)18(9-13)23-19(25)11-24(12-5-6-12)10-14-15(20)3-2-4-17(14)22/h2-4,7-9,12H,5-6,10-11H2,1H3,(H,23,25). The van der Waals surface area contributed by atoms with Gasteiger partial charge in [0.25, 0.3) is 0 Å². The highest BCUT2D eigenvalue weighted by molar-refractivity contribution is 7.90. The molecule has 1 amide bonds. The van der Waals surface area contributed by atoms with Crippen molar-refractivity contribution in [3.63, 3.8) is 0 Å². The van der Waals surface area contributed by atoms with Gasteiger partial charge in [-0.1, -0.05) is 29.3 Å². The van der Waals surface area contributed by atoms with Crippen molar-refractivity contribution < 1.29 is 17.6 Å². The minimum absolute atomic E-state index is 0.00869. The van der Waals surface area contributed by atoms with E-state index in [1.54, 1.807) is 6.07 Å². The summed E-state index contributed by atoms with van der Waals surface area (Å²) in [5.74, 6) is -0.783. The Morgan fingerprint density at radius 2 is 1.93 bits per heavy atom. The van der Waals surface area contributed by atoms with Crippen LogP contribution in [0.5, 0.6) is 0 Å². The van der Waals surface area contributed by atoms with Crippen LogP contribution < -0.4 is 5.32 Å². The van der Waals surface area contributed by atoms with Gasteiger partial charge in [0.05, 0.1) is 22.2 Å². The summed E-state index contributed by atoms with van der Waals surface area (Å²) >= 11 is 12.2. The van der Waals surface area contributed by atoms with Gasteiger partial charge < -0.3 is 5.32 Å². The molecule has 3 rings (SSSR count). The highest BCUT2D eigenvalue weighted by Crippen LogP contribution is 2.31. The van der Waals surface area contributed by atoms with Gasteiger partial charge in [-0.3, -0.25) is 9.69 Å². The number of sulfone groups is 1. The van der Waals surface area contributed by atoms with Crippen molar-refractivity contribution in [1.82, 2.24) is 4.90 Å². The molecule has 0 heterocycles. The lowest BCUT2D eigenvalue weighted by Crippen LogP contribution is -2.35. The molecule has 2 aromatic rings. The molecule has 0 saturated heterocycles. The first-order valence-electron chi connectivity index (χ1n) is 8.61. The summed E-state index contributed by atoms with van der Waals surface area (Å²) < 4.78 is 37.5. The van der Waals surface area contributed by atoms with Gasteiger partial charge in [0.1, 0.15) is 5.82 Å². The van der Waals surface area contributed by atoms with E-state index in [2.05, 4.69) is 5.32 Å². The van der Waals surface area contributed by atoms with E-state index < -0.39 is 15.7 Å². The van der Waals surface area contributed by atoms with Crippen LogP contribution in [-0.2, 0) is 21.2 Å². The lowest BCUT2D eigenvalue weighted by molar-refractivity contribution is -0.117. The number of nitrogens with zero attached hydrogens (tertiary/aromatic N) is 1. The molecule has 0 unspecified atom stereocenters. The molecule has 0 spiro atoms. The fourth-order valence-corrected chi connectivity index (χ4v) is 3.88. The van der Waals surface area contributed by atoms with E-state index in [1.165, 1.54) is 30.3 Å². The second-order valence-electron chi connectivity index (χ2n) is 6.80. The minimum Gasteiger partial charge on any atom is -0.324 e. The Hall–Kier alpha value is -1.67. The topological polar surface area (TPSA) is 66.5 Å². The second kappa shape index (κ2) is 8.37. The zero-order valence-electron chi connectivity index (χ0n) is 15.1. The molecule has 1 aliphatic carbocycles. The highest BCUT2D eigenvalue weighted by atomic mass is 35.5. The Morgan fingerprint density at radius 3 is 2.54 bits per heavy atom. The molecule has 1 fully saturated rings.